The molecule has 30 heavy (non-hydrogen) atoms. The summed E-state index contributed by atoms with van der Waals surface area (Å²) in [5.74, 6) is 0.661. The van der Waals surface area contributed by atoms with Gasteiger partial charge < -0.3 is 20.2 Å². The molecule has 0 bridgehead atoms. The van der Waals surface area contributed by atoms with Gasteiger partial charge in [-0.1, -0.05) is 0 Å². The quantitative estimate of drug-likeness (QED) is 0.682. The molecule has 2 fully saturated rings. The van der Waals surface area contributed by atoms with E-state index >= 15 is 0 Å². The lowest BCUT2D eigenvalue weighted by molar-refractivity contribution is -0.120. The van der Waals surface area contributed by atoms with Crippen LogP contribution in [0.4, 0.5) is 11.4 Å². The molecule has 2 aliphatic rings. The van der Waals surface area contributed by atoms with Gasteiger partial charge in [-0.2, -0.15) is 0 Å². The van der Waals surface area contributed by atoms with Crippen LogP contribution >= 0.6 is 0 Å². The topological polar surface area (TPSA) is 59.1 Å². The molecule has 0 saturated carbocycles. The predicted octanol–water partition coefficient (Wildman–Crippen LogP) is 3.03. The molecule has 1 amide bonds. The largest absolute Gasteiger partial charge is 0.392 e. The standard InChI is InChI=1S/C24H40N4O2/c1-19(29)17-27-15-11-21(12-16-27)18-26(3)20(2)24(30)25-22-7-9-23(10-8-22)28-13-5-4-6-14-28/h7-10,19-21,29H,4-6,11-18H2,1-3H3,(H,25,30). The van der Waals surface area contributed by atoms with Crippen LogP contribution in [0.1, 0.15) is 46.0 Å². The van der Waals surface area contributed by atoms with Crippen LogP contribution in [0.5, 0.6) is 0 Å². The van der Waals surface area contributed by atoms with Gasteiger partial charge in [0.2, 0.25) is 5.91 Å². The summed E-state index contributed by atoms with van der Waals surface area (Å²) in [7, 11) is 2.05. The minimum Gasteiger partial charge on any atom is -0.392 e. The van der Waals surface area contributed by atoms with Crippen molar-refractivity contribution < 1.29 is 9.90 Å². The van der Waals surface area contributed by atoms with Crippen molar-refractivity contribution in [3.05, 3.63) is 24.3 Å². The van der Waals surface area contributed by atoms with E-state index in [-0.39, 0.29) is 18.1 Å². The van der Waals surface area contributed by atoms with Gasteiger partial charge in [-0.15, -0.1) is 0 Å². The van der Waals surface area contributed by atoms with Crippen molar-refractivity contribution in [2.45, 2.75) is 58.1 Å². The summed E-state index contributed by atoms with van der Waals surface area (Å²) in [4.78, 5) is 19.7. The molecule has 2 saturated heterocycles. The molecule has 1 aromatic carbocycles. The van der Waals surface area contributed by atoms with Gasteiger partial charge in [0, 0.05) is 37.6 Å². The molecule has 2 atom stereocenters. The Hall–Kier alpha value is -1.63. The number of piperidine rings is 2. The number of β-amino-alcohol motifs (C(OH)–C–C–N with tert-alkyl or cyclic N) is 1. The third kappa shape index (κ3) is 6.69. The Labute approximate surface area is 182 Å². The molecule has 2 N–H and O–H groups in total. The average molecular weight is 417 g/mol. The number of anilines is 2. The molecule has 0 aromatic heterocycles. The van der Waals surface area contributed by atoms with Crippen molar-refractivity contribution >= 4 is 17.3 Å². The molecule has 168 valence electrons. The lowest BCUT2D eigenvalue weighted by atomic mass is 9.95. The zero-order chi connectivity index (χ0) is 21.5. The summed E-state index contributed by atoms with van der Waals surface area (Å²) in [6.45, 7) is 9.86. The Morgan fingerprint density at radius 1 is 1.10 bits per heavy atom. The lowest BCUT2D eigenvalue weighted by Crippen LogP contribution is -2.45. The number of amides is 1. The highest BCUT2D eigenvalue weighted by molar-refractivity contribution is 5.94. The van der Waals surface area contributed by atoms with Crippen molar-refractivity contribution in [3.8, 4) is 0 Å². The maximum Gasteiger partial charge on any atom is 0.241 e. The predicted molar refractivity (Wildman–Crippen MR) is 124 cm³/mol. The van der Waals surface area contributed by atoms with Crippen molar-refractivity contribution in [2.75, 3.05) is 56.5 Å². The van der Waals surface area contributed by atoms with Gasteiger partial charge in [-0.25, -0.2) is 0 Å². The minimum atomic E-state index is -0.262. The maximum absolute atomic E-state index is 12.8. The number of likely N-dealkylation sites (tertiary alicyclic amines) is 1. The number of aliphatic hydroxyl groups is 1. The molecule has 6 heteroatoms. The van der Waals surface area contributed by atoms with Crippen LogP contribution in [-0.2, 0) is 4.79 Å². The molecular weight excluding hydrogens is 376 g/mol. The second kappa shape index (κ2) is 11.1. The summed E-state index contributed by atoms with van der Waals surface area (Å²) in [5.41, 5.74) is 2.12. The SMILES string of the molecule is CC(O)CN1CCC(CN(C)C(C)C(=O)Nc2ccc(N3CCCCC3)cc2)CC1. The summed E-state index contributed by atoms with van der Waals surface area (Å²) < 4.78 is 0. The lowest BCUT2D eigenvalue weighted by Gasteiger charge is -2.35. The second-order valence-electron chi connectivity index (χ2n) is 9.29. The van der Waals surface area contributed by atoms with Gasteiger partial charge in [0.25, 0.3) is 0 Å². The zero-order valence-corrected chi connectivity index (χ0v) is 19.0. The van der Waals surface area contributed by atoms with Crippen molar-refractivity contribution in [1.29, 1.82) is 0 Å². The Morgan fingerprint density at radius 2 is 1.73 bits per heavy atom. The van der Waals surface area contributed by atoms with Gasteiger partial charge in [0.05, 0.1) is 12.1 Å². The number of nitrogens with one attached hydrogen (secondary N) is 1. The first-order valence-electron chi connectivity index (χ1n) is 11.7. The third-order valence-corrected chi connectivity index (χ3v) is 6.67. The van der Waals surface area contributed by atoms with Crippen LogP contribution in [-0.4, -0.2) is 79.3 Å². The molecule has 0 spiro atoms. The van der Waals surface area contributed by atoms with Crippen LogP contribution < -0.4 is 10.2 Å². The average Bonchev–Trinajstić information content (AvgIpc) is 2.75. The molecule has 0 radical (unpaired) electrons. The van der Waals surface area contributed by atoms with Gasteiger partial charge in [-0.05, 0) is 96.3 Å². The molecule has 6 nitrogen and oxygen atoms in total. The van der Waals surface area contributed by atoms with Crippen molar-refractivity contribution in [1.82, 2.24) is 9.80 Å². The second-order valence-corrected chi connectivity index (χ2v) is 9.29. The molecule has 2 unspecified atom stereocenters. The number of carbonyl (C=O) groups excluding carboxylic acids is 1. The Balaban J connectivity index is 1.43. The summed E-state index contributed by atoms with van der Waals surface area (Å²) in [6, 6.07) is 8.12. The highest BCUT2D eigenvalue weighted by Crippen LogP contribution is 2.22. The maximum atomic E-state index is 12.8. The van der Waals surface area contributed by atoms with E-state index in [2.05, 4.69) is 32.1 Å². The normalized spacial score (nSPS) is 20.9. The van der Waals surface area contributed by atoms with Crippen LogP contribution in [0.2, 0.25) is 0 Å². The summed E-state index contributed by atoms with van der Waals surface area (Å²) in [5, 5.41) is 12.6. The van der Waals surface area contributed by atoms with E-state index in [1.54, 1.807) is 0 Å². The Kier molecular flexibility index (Phi) is 8.54. The van der Waals surface area contributed by atoms with Gasteiger partial charge in [0.15, 0.2) is 0 Å². The highest BCUT2D eigenvalue weighted by Gasteiger charge is 2.25. The summed E-state index contributed by atoms with van der Waals surface area (Å²) in [6.07, 6.45) is 5.86. The van der Waals surface area contributed by atoms with Gasteiger partial charge in [-0.3, -0.25) is 9.69 Å². The van der Waals surface area contributed by atoms with Gasteiger partial charge >= 0.3 is 0 Å². The first-order chi connectivity index (χ1) is 14.4. The smallest absolute Gasteiger partial charge is 0.241 e. The van der Waals surface area contributed by atoms with E-state index in [9.17, 15) is 9.90 Å². The fraction of sp³-hybridized carbons (Fsp3) is 0.708. The number of nitrogens with zero attached hydrogens (tertiary/aromatic N) is 3. The molecule has 1 aromatic rings. The monoisotopic (exact) mass is 416 g/mol. The molecule has 2 aliphatic heterocycles. The van der Waals surface area contributed by atoms with E-state index in [4.69, 9.17) is 0 Å². The van der Waals surface area contributed by atoms with E-state index in [0.717, 1.165) is 57.8 Å². The number of benzene rings is 1. The number of hydrogen-bond donors (Lipinski definition) is 2. The molecule has 0 aliphatic carbocycles. The fourth-order valence-electron chi connectivity index (χ4n) is 4.65. The van der Waals surface area contributed by atoms with E-state index in [1.807, 2.05) is 33.0 Å². The fourth-order valence-corrected chi connectivity index (χ4v) is 4.65. The number of carbonyl (C=O) groups is 1. The highest BCUT2D eigenvalue weighted by atomic mass is 16.3. The van der Waals surface area contributed by atoms with Crippen LogP contribution in [0.25, 0.3) is 0 Å². The molecular formula is C24H40N4O2. The third-order valence-electron chi connectivity index (χ3n) is 6.67. The zero-order valence-electron chi connectivity index (χ0n) is 19.0. The molecule has 3 rings (SSSR count). The summed E-state index contributed by atoms with van der Waals surface area (Å²) >= 11 is 0. The van der Waals surface area contributed by atoms with Gasteiger partial charge in [0.1, 0.15) is 0 Å². The number of hydrogen-bond acceptors (Lipinski definition) is 5. The van der Waals surface area contributed by atoms with Crippen molar-refractivity contribution in [2.24, 2.45) is 5.92 Å². The van der Waals surface area contributed by atoms with E-state index in [0.29, 0.717) is 5.92 Å². The van der Waals surface area contributed by atoms with Crippen LogP contribution in [0.3, 0.4) is 0 Å². The Bertz CT molecular complexity index is 650. The first-order valence-corrected chi connectivity index (χ1v) is 11.7. The number of aliphatic hydroxyl groups excluding tert-OH is 1. The van der Waals surface area contributed by atoms with Crippen LogP contribution in [0, 0.1) is 5.92 Å². The number of likely N-dealkylation sites (N-methyl/N-ethyl adjacent to an activating group) is 1. The minimum absolute atomic E-state index is 0.0507. The molecule has 2 heterocycles. The van der Waals surface area contributed by atoms with E-state index < -0.39 is 0 Å². The van der Waals surface area contributed by atoms with E-state index in [1.165, 1.54) is 24.9 Å². The Morgan fingerprint density at radius 3 is 2.33 bits per heavy atom. The first kappa shape index (κ1) is 23.0. The number of rotatable bonds is 8. The van der Waals surface area contributed by atoms with Crippen molar-refractivity contribution in [3.63, 3.8) is 0 Å². The van der Waals surface area contributed by atoms with Crippen LogP contribution in [0.15, 0.2) is 24.3 Å².